The number of hydrogen-bond donors (Lipinski definition) is 0. The summed E-state index contributed by atoms with van der Waals surface area (Å²) in [5, 5.41) is 0. The third-order valence-electron chi connectivity index (χ3n) is 0.942. The van der Waals surface area contributed by atoms with Crippen molar-refractivity contribution in [2.45, 2.75) is 19.8 Å². The maximum atomic E-state index is 9.51. The van der Waals surface area contributed by atoms with Crippen molar-refractivity contribution >= 4 is 6.47 Å². The Kier molecular flexibility index (Phi) is 7.95. The minimum absolute atomic E-state index is 0.410. The molecule has 1 radical (unpaired) electrons. The van der Waals surface area contributed by atoms with Gasteiger partial charge in [-0.25, -0.2) is 4.79 Å². The second-order valence-electron chi connectivity index (χ2n) is 1.90. The zero-order valence-corrected chi connectivity index (χ0v) is 6.26. The van der Waals surface area contributed by atoms with E-state index in [1.165, 1.54) is 6.47 Å². The van der Waals surface area contributed by atoms with Crippen molar-refractivity contribution in [1.82, 2.24) is 0 Å². The quantitative estimate of drug-likeness (QED) is 0.499. The number of hydrogen-bond acceptors (Lipinski definition) is 3. The van der Waals surface area contributed by atoms with Crippen LogP contribution in [0.2, 0.25) is 0 Å². The van der Waals surface area contributed by atoms with Gasteiger partial charge in [-0.05, 0) is 6.42 Å². The lowest BCUT2D eigenvalue weighted by Crippen LogP contribution is -2.00. The molecule has 0 heterocycles. The fourth-order valence-corrected chi connectivity index (χ4v) is 0.521. The zero-order chi connectivity index (χ0) is 7.66. The Labute approximate surface area is 61.3 Å². The molecule has 0 spiro atoms. The molecule has 0 aliphatic heterocycles. The van der Waals surface area contributed by atoms with E-state index >= 15 is 0 Å². The molecule has 0 aromatic heterocycles. The Balaban J connectivity index is 2.70. The van der Waals surface area contributed by atoms with E-state index in [0.29, 0.717) is 13.2 Å². The van der Waals surface area contributed by atoms with E-state index in [2.05, 4.69) is 11.7 Å². The van der Waals surface area contributed by atoms with Crippen LogP contribution in [0.15, 0.2) is 0 Å². The first-order valence-corrected chi connectivity index (χ1v) is 3.48. The molecule has 0 N–H and O–H groups in total. The van der Waals surface area contributed by atoms with Crippen LogP contribution in [0, 0.1) is 0 Å². The van der Waals surface area contributed by atoms with Gasteiger partial charge in [0.15, 0.2) is 0 Å². The SMILES string of the molecule is CCCOCCCO[C]=O. The Hall–Kier alpha value is -0.570. The third kappa shape index (κ3) is 7.43. The standard InChI is InChI=1S/C7H13O3/c1-2-4-9-5-3-6-10-7-8/h2-6H2,1H3. The molecule has 0 saturated carbocycles. The summed E-state index contributed by atoms with van der Waals surface area (Å²) in [4.78, 5) is 9.51. The van der Waals surface area contributed by atoms with Crippen LogP contribution < -0.4 is 0 Å². The maximum Gasteiger partial charge on any atom is 0.417 e. The summed E-state index contributed by atoms with van der Waals surface area (Å²) in [7, 11) is 0. The molecule has 0 aromatic rings. The van der Waals surface area contributed by atoms with Crippen molar-refractivity contribution in [1.29, 1.82) is 0 Å². The van der Waals surface area contributed by atoms with E-state index < -0.39 is 0 Å². The van der Waals surface area contributed by atoms with Gasteiger partial charge in [-0.2, -0.15) is 0 Å². The fourth-order valence-electron chi connectivity index (χ4n) is 0.521. The van der Waals surface area contributed by atoms with Gasteiger partial charge in [-0.15, -0.1) is 0 Å². The molecule has 0 atom stereocenters. The normalized spacial score (nSPS) is 9.30. The minimum Gasteiger partial charge on any atom is -0.457 e. The lowest BCUT2D eigenvalue weighted by Gasteiger charge is -1.99. The number of rotatable bonds is 7. The second kappa shape index (κ2) is 8.43. The van der Waals surface area contributed by atoms with Crippen LogP contribution in [-0.2, 0) is 14.3 Å². The highest BCUT2D eigenvalue weighted by atomic mass is 16.5. The van der Waals surface area contributed by atoms with E-state index in [0.717, 1.165) is 19.4 Å². The fraction of sp³-hybridized carbons (Fsp3) is 0.857. The van der Waals surface area contributed by atoms with Crippen LogP contribution in [0.25, 0.3) is 0 Å². The molecule has 0 rings (SSSR count). The van der Waals surface area contributed by atoms with E-state index in [-0.39, 0.29) is 0 Å². The van der Waals surface area contributed by atoms with Crippen LogP contribution in [0.3, 0.4) is 0 Å². The molecule has 0 saturated heterocycles. The molecule has 0 aliphatic carbocycles. The third-order valence-corrected chi connectivity index (χ3v) is 0.942. The molecule has 0 bridgehead atoms. The molecule has 10 heavy (non-hydrogen) atoms. The molecule has 0 fully saturated rings. The largest absolute Gasteiger partial charge is 0.457 e. The molecule has 0 aliphatic rings. The number of ether oxygens (including phenoxy) is 2. The molecular formula is C7H13O3. The summed E-state index contributed by atoms with van der Waals surface area (Å²) < 4.78 is 9.45. The summed E-state index contributed by atoms with van der Waals surface area (Å²) in [6.45, 7) is 5.26. The smallest absolute Gasteiger partial charge is 0.417 e. The summed E-state index contributed by atoms with van der Waals surface area (Å²) >= 11 is 0. The summed E-state index contributed by atoms with van der Waals surface area (Å²) in [6, 6.07) is 0. The average molecular weight is 145 g/mol. The Morgan fingerprint density at radius 3 is 2.70 bits per heavy atom. The monoisotopic (exact) mass is 145 g/mol. The van der Waals surface area contributed by atoms with Crippen molar-refractivity contribution in [3.63, 3.8) is 0 Å². The highest BCUT2D eigenvalue weighted by molar-refractivity contribution is 5.37. The maximum absolute atomic E-state index is 9.51. The topological polar surface area (TPSA) is 35.5 Å². The van der Waals surface area contributed by atoms with Gasteiger partial charge in [0.2, 0.25) is 0 Å². The summed E-state index contributed by atoms with van der Waals surface area (Å²) in [6.07, 6.45) is 1.79. The van der Waals surface area contributed by atoms with Crippen LogP contribution in [0.5, 0.6) is 0 Å². The van der Waals surface area contributed by atoms with E-state index in [9.17, 15) is 4.79 Å². The molecular weight excluding hydrogens is 132 g/mol. The van der Waals surface area contributed by atoms with Gasteiger partial charge in [0, 0.05) is 19.6 Å². The van der Waals surface area contributed by atoms with Crippen LogP contribution >= 0.6 is 0 Å². The van der Waals surface area contributed by atoms with Crippen LogP contribution in [0.1, 0.15) is 19.8 Å². The van der Waals surface area contributed by atoms with Gasteiger partial charge in [-0.3, -0.25) is 0 Å². The van der Waals surface area contributed by atoms with Gasteiger partial charge in [0.25, 0.3) is 0 Å². The predicted molar refractivity (Wildman–Crippen MR) is 37.4 cm³/mol. The van der Waals surface area contributed by atoms with Crippen molar-refractivity contribution in [2.24, 2.45) is 0 Å². The lowest BCUT2D eigenvalue weighted by atomic mass is 10.5. The van der Waals surface area contributed by atoms with Gasteiger partial charge in [0.1, 0.15) is 0 Å². The average Bonchev–Trinajstić information content (AvgIpc) is 1.97. The molecule has 59 valence electrons. The Morgan fingerprint density at radius 2 is 2.10 bits per heavy atom. The minimum atomic E-state index is 0.410. The summed E-state index contributed by atoms with van der Waals surface area (Å²) in [5.74, 6) is 0. The molecule has 0 aromatic carbocycles. The van der Waals surface area contributed by atoms with E-state index in [4.69, 9.17) is 4.74 Å². The number of carbonyl (C=O) groups excluding carboxylic acids is 1. The Bertz CT molecular complexity index is 73.3. The van der Waals surface area contributed by atoms with E-state index in [1.54, 1.807) is 0 Å². The van der Waals surface area contributed by atoms with Crippen molar-refractivity contribution in [2.75, 3.05) is 19.8 Å². The van der Waals surface area contributed by atoms with Crippen molar-refractivity contribution in [3.8, 4) is 0 Å². The summed E-state index contributed by atoms with van der Waals surface area (Å²) in [5.41, 5.74) is 0. The molecule has 3 heteroatoms. The molecule has 0 amide bonds. The van der Waals surface area contributed by atoms with Gasteiger partial charge in [0.05, 0.1) is 6.61 Å². The lowest BCUT2D eigenvalue weighted by molar-refractivity contribution is 0.117. The first-order valence-electron chi connectivity index (χ1n) is 3.48. The first-order chi connectivity index (χ1) is 4.91. The van der Waals surface area contributed by atoms with Gasteiger partial charge < -0.3 is 9.47 Å². The highest BCUT2D eigenvalue weighted by Crippen LogP contribution is 1.84. The van der Waals surface area contributed by atoms with Crippen molar-refractivity contribution in [3.05, 3.63) is 0 Å². The molecule has 0 unspecified atom stereocenters. The van der Waals surface area contributed by atoms with Crippen LogP contribution in [-0.4, -0.2) is 26.3 Å². The first kappa shape index (κ1) is 9.43. The van der Waals surface area contributed by atoms with Gasteiger partial charge >= 0.3 is 6.47 Å². The zero-order valence-electron chi connectivity index (χ0n) is 6.26. The second-order valence-corrected chi connectivity index (χ2v) is 1.90. The predicted octanol–water partition coefficient (Wildman–Crippen LogP) is 0.887. The van der Waals surface area contributed by atoms with Crippen molar-refractivity contribution < 1.29 is 14.3 Å². The van der Waals surface area contributed by atoms with E-state index in [1.807, 2.05) is 0 Å². The Morgan fingerprint density at radius 1 is 1.30 bits per heavy atom. The molecule has 3 nitrogen and oxygen atoms in total. The van der Waals surface area contributed by atoms with Gasteiger partial charge in [-0.1, -0.05) is 6.92 Å². The highest BCUT2D eigenvalue weighted by Gasteiger charge is 1.87. The van der Waals surface area contributed by atoms with Crippen LogP contribution in [0.4, 0.5) is 0 Å².